The zero-order valence-corrected chi connectivity index (χ0v) is 12.9. The van der Waals surface area contributed by atoms with E-state index < -0.39 is 0 Å². The molecule has 2 rings (SSSR count). The summed E-state index contributed by atoms with van der Waals surface area (Å²) in [5.41, 5.74) is 3.37. The van der Waals surface area contributed by atoms with Crippen LogP contribution in [0.15, 0.2) is 18.2 Å². The van der Waals surface area contributed by atoms with Gasteiger partial charge in [-0.3, -0.25) is 4.79 Å². The minimum atomic E-state index is 0.0199. The number of amides is 1. The Morgan fingerprint density at radius 1 is 1.30 bits per heavy atom. The van der Waals surface area contributed by atoms with Gasteiger partial charge in [0, 0.05) is 31.7 Å². The highest BCUT2D eigenvalue weighted by molar-refractivity contribution is 5.94. The molecule has 2 N–H and O–H groups in total. The van der Waals surface area contributed by atoms with Gasteiger partial charge in [0.05, 0.1) is 0 Å². The topological polar surface area (TPSA) is 44.4 Å². The van der Waals surface area contributed by atoms with E-state index in [0.717, 1.165) is 25.2 Å². The number of carbonyl (C=O) groups excluding carboxylic acids is 1. The van der Waals surface area contributed by atoms with Crippen molar-refractivity contribution < 1.29 is 4.79 Å². The predicted octanol–water partition coefficient (Wildman–Crippen LogP) is 1.61. The van der Waals surface area contributed by atoms with Gasteiger partial charge in [0.15, 0.2) is 0 Å². The normalized spacial score (nSPS) is 14.4. The Morgan fingerprint density at radius 3 is 2.70 bits per heavy atom. The van der Waals surface area contributed by atoms with Crippen LogP contribution in [0.1, 0.15) is 35.3 Å². The molecule has 1 aromatic carbocycles. The van der Waals surface area contributed by atoms with Crippen LogP contribution in [-0.4, -0.2) is 38.0 Å². The van der Waals surface area contributed by atoms with E-state index in [-0.39, 0.29) is 11.3 Å². The number of hydrogen-bond acceptors (Lipinski definition) is 3. The van der Waals surface area contributed by atoms with Gasteiger partial charge in [0.1, 0.15) is 0 Å². The molecule has 4 heteroatoms. The van der Waals surface area contributed by atoms with Crippen LogP contribution >= 0.6 is 0 Å². The van der Waals surface area contributed by atoms with Crippen molar-refractivity contribution in [3.8, 4) is 0 Å². The van der Waals surface area contributed by atoms with Crippen molar-refractivity contribution in [2.24, 2.45) is 5.41 Å². The first kappa shape index (κ1) is 15.0. The highest BCUT2D eigenvalue weighted by Crippen LogP contribution is 2.18. The molecule has 0 spiro atoms. The molecule has 20 heavy (non-hydrogen) atoms. The molecule has 0 aliphatic carbocycles. The van der Waals surface area contributed by atoms with Crippen LogP contribution in [0.25, 0.3) is 0 Å². The largest absolute Gasteiger partial charge is 0.351 e. The van der Waals surface area contributed by atoms with Gasteiger partial charge >= 0.3 is 0 Å². The molecule has 0 saturated carbocycles. The van der Waals surface area contributed by atoms with E-state index in [1.54, 1.807) is 0 Å². The lowest BCUT2D eigenvalue weighted by Crippen LogP contribution is -2.40. The molecule has 0 fully saturated rings. The van der Waals surface area contributed by atoms with Crippen LogP contribution in [-0.2, 0) is 13.1 Å². The number of nitrogens with one attached hydrogen (secondary N) is 2. The molecule has 0 radical (unpaired) electrons. The Labute approximate surface area is 121 Å². The fourth-order valence-corrected chi connectivity index (χ4v) is 2.77. The molecule has 0 bridgehead atoms. The van der Waals surface area contributed by atoms with Gasteiger partial charge in [-0.15, -0.1) is 0 Å². The minimum absolute atomic E-state index is 0.0199. The number of fused-ring (bicyclic) bond motifs is 1. The first-order valence-electron chi connectivity index (χ1n) is 7.13. The van der Waals surface area contributed by atoms with Gasteiger partial charge in [0.2, 0.25) is 0 Å². The molecule has 4 nitrogen and oxygen atoms in total. The molecule has 0 atom stereocenters. The average Bonchev–Trinajstić information content (AvgIpc) is 2.81. The first-order chi connectivity index (χ1) is 9.37. The van der Waals surface area contributed by atoms with Crippen LogP contribution in [0.5, 0.6) is 0 Å². The first-order valence-corrected chi connectivity index (χ1v) is 7.13. The summed E-state index contributed by atoms with van der Waals surface area (Å²) >= 11 is 0. The number of nitrogens with zero attached hydrogens (tertiary/aromatic N) is 1. The molecule has 1 aliphatic heterocycles. The summed E-state index contributed by atoms with van der Waals surface area (Å²) in [6, 6.07) is 5.97. The Hall–Kier alpha value is -1.39. The van der Waals surface area contributed by atoms with Crippen molar-refractivity contribution in [1.29, 1.82) is 0 Å². The van der Waals surface area contributed by atoms with E-state index in [9.17, 15) is 4.79 Å². The Kier molecular flexibility index (Phi) is 4.45. The number of rotatable bonds is 5. The van der Waals surface area contributed by atoms with Gasteiger partial charge in [0.25, 0.3) is 5.91 Å². The molecular weight excluding hydrogens is 250 g/mol. The number of carbonyl (C=O) groups is 1. The van der Waals surface area contributed by atoms with Crippen molar-refractivity contribution in [3.05, 3.63) is 34.9 Å². The summed E-state index contributed by atoms with van der Waals surface area (Å²) in [7, 11) is 4.11. The van der Waals surface area contributed by atoms with E-state index in [1.165, 1.54) is 11.1 Å². The average molecular weight is 275 g/mol. The third-order valence-electron chi connectivity index (χ3n) is 3.57. The fraction of sp³-hybridized carbons (Fsp3) is 0.562. The number of benzene rings is 1. The summed E-state index contributed by atoms with van der Waals surface area (Å²) in [4.78, 5) is 14.4. The Balaban J connectivity index is 1.95. The molecule has 0 unspecified atom stereocenters. The maximum atomic E-state index is 12.2. The predicted molar refractivity (Wildman–Crippen MR) is 81.7 cm³/mol. The monoisotopic (exact) mass is 275 g/mol. The molecule has 1 aliphatic rings. The summed E-state index contributed by atoms with van der Waals surface area (Å²) in [6.45, 7) is 7.73. The van der Waals surface area contributed by atoms with E-state index in [0.29, 0.717) is 6.54 Å². The van der Waals surface area contributed by atoms with Crippen molar-refractivity contribution in [1.82, 2.24) is 15.5 Å². The zero-order valence-electron chi connectivity index (χ0n) is 12.9. The second kappa shape index (κ2) is 5.94. The SMILES string of the molecule is CN(C)CC(C)(C)CNC(=O)c1ccc2c(c1)CNC2. The lowest BCUT2D eigenvalue weighted by molar-refractivity contribution is 0.0929. The lowest BCUT2D eigenvalue weighted by atomic mass is 9.93. The van der Waals surface area contributed by atoms with Gasteiger partial charge in [-0.05, 0) is 42.8 Å². The lowest BCUT2D eigenvalue weighted by Gasteiger charge is -2.28. The van der Waals surface area contributed by atoms with Gasteiger partial charge in [-0.1, -0.05) is 19.9 Å². The van der Waals surface area contributed by atoms with E-state index in [4.69, 9.17) is 0 Å². The molecule has 1 aromatic rings. The summed E-state index contributed by atoms with van der Waals surface area (Å²) in [5, 5.41) is 6.34. The zero-order chi connectivity index (χ0) is 14.8. The van der Waals surface area contributed by atoms with Crippen molar-refractivity contribution in [2.75, 3.05) is 27.2 Å². The molecule has 110 valence electrons. The standard InChI is InChI=1S/C16H25N3O/c1-16(2,11-19(3)4)10-18-15(20)12-5-6-13-8-17-9-14(13)7-12/h5-7,17H,8-11H2,1-4H3,(H,18,20). The van der Waals surface area contributed by atoms with Crippen LogP contribution < -0.4 is 10.6 Å². The van der Waals surface area contributed by atoms with Crippen LogP contribution in [0.3, 0.4) is 0 Å². The summed E-state index contributed by atoms with van der Waals surface area (Å²) in [5.74, 6) is 0.0199. The second-order valence-electron chi connectivity index (χ2n) is 6.67. The van der Waals surface area contributed by atoms with E-state index in [1.807, 2.05) is 12.1 Å². The summed E-state index contributed by atoms with van der Waals surface area (Å²) < 4.78 is 0. The molecule has 1 amide bonds. The van der Waals surface area contributed by atoms with Gasteiger partial charge in [-0.25, -0.2) is 0 Å². The van der Waals surface area contributed by atoms with E-state index >= 15 is 0 Å². The highest BCUT2D eigenvalue weighted by atomic mass is 16.1. The van der Waals surface area contributed by atoms with Gasteiger partial charge < -0.3 is 15.5 Å². The third kappa shape index (κ3) is 3.81. The van der Waals surface area contributed by atoms with Crippen molar-refractivity contribution in [2.45, 2.75) is 26.9 Å². The number of hydrogen-bond donors (Lipinski definition) is 2. The van der Waals surface area contributed by atoms with Crippen molar-refractivity contribution in [3.63, 3.8) is 0 Å². The maximum Gasteiger partial charge on any atom is 0.251 e. The Morgan fingerprint density at radius 2 is 2.00 bits per heavy atom. The summed E-state index contributed by atoms with van der Waals surface area (Å²) in [6.07, 6.45) is 0. The fourth-order valence-electron chi connectivity index (χ4n) is 2.77. The second-order valence-corrected chi connectivity index (χ2v) is 6.67. The molecule has 0 saturated heterocycles. The third-order valence-corrected chi connectivity index (χ3v) is 3.57. The molecule has 1 heterocycles. The maximum absolute atomic E-state index is 12.2. The van der Waals surface area contributed by atoms with Gasteiger partial charge in [-0.2, -0.15) is 0 Å². The smallest absolute Gasteiger partial charge is 0.251 e. The highest BCUT2D eigenvalue weighted by Gasteiger charge is 2.20. The van der Waals surface area contributed by atoms with Crippen LogP contribution in [0, 0.1) is 5.41 Å². The quantitative estimate of drug-likeness (QED) is 0.858. The van der Waals surface area contributed by atoms with Crippen LogP contribution in [0.2, 0.25) is 0 Å². The van der Waals surface area contributed by atoms with Crippen LogP contribution in [0.4, 0.5) is 0 Å². The minimum Gasteiger partial charge on any atom is -0.351 e. The molecular formula is C16H25N3O. The Bertz CT molecular complexity index is 494. The van der Waals surface area contributed by atoms with E-state index in [2.05, 4.69) is 49.5 Å². The van der Waals surface area contributed by atoms with Crippen molar-refractivity contribution >= 4 is 5.91 Å². The molecule has 0 aromatic heterocycles.